The molecule has 0 radical (unpaired) electrons. The van der Waals surface area contributed by atoms with E-state index in [-0.39, 0.29) is 5.91 Å². The van der Waals surface area contributed by atoms with Crippen molar-refractivity contribution < 1.29 is 50.9 Å². The van der Waals surface area contributed by atoms with Gasteiger partial charge in [0.25, 0.3) is 0 Å². The molecule has 0 saturated heterocycles. The maximum Gasteiger partial charge on any atom is 0.490 e. The van der Waals surface area contributed by atoms with Gasteiger partial charge in [-0.25, -0.2) is 14.6 Å². The van der Waals surface area contributed by atoms with Crippen LogP contribution >= 0.6 is 0 Å². The van der Waals surface area contributed by atoms with E-state index in [0.29, 0.717) is 5.82 Å². The van der Waals surface area contributed by atoms with Crippen molar-refractivity contribution in [1.29, 1.82) is 0 Å². The van der Waals surface area contributed by atoms with Gasteiger partial charge in [-0.1, -0.05) is 6.07 Å². The molecule has 1 aromatic rings. The molecule has 3 N–H and O–H groups in total. The lowest BCUT2D eigenvalue weighted by atomic mass is 10.4. The maximum absolute atomic E-state index is 10.6. The van der Waals surface area contributed by atoms with Crippen molar-refractivity contribution in [1.82, 2.24) is 4.98 Å². The molecule has 0 spiro atoms. The first-order chi connectivity index (χ1) is 10.7. The molecule has 1 rings (SSSR count). The van der Waals surface area contributed by atoms with Crippen molar-refractivity contribution in [3.63, 3.8) is 0 Å². The quantitative estimate of drug-likeness (QED) is 0.659. The normalized spacial score (nSPS) is 10.3. The van der Waals surface area contributed by atoms with Gasteiger partial charge in [-0.2, -0.15) is 26.3 Å². The van der Waals surface area contributed by atoms with Gasteiger partial charge >= 0.3 is 24.3 Å². The molecule has 0 aromatic carbocycles. The van der Waals surface area contributed by atoms with E-state index < -0.39 is 24.3 Å². The third-order valence-electron chi connectivity index (χ3n) is 1.45. The van der Waals surface area contributed by atoms with E-state index in [1.165, 1.54) is 6.92 Å². The average Bonchev–Trinajstić information content (AvgIpc) is 2.38. The number of pyridine rings is 1. The lowest BCUT2D eigenvalue weighted by Crippen LogP contribution is -2.21. The maximum atomic E-state index is 10.6. The first-order valence-electron chi connectivity index (χ1n) is 5.46. The molecule has 0 unspecified atom stereocenters. The summed E-state index contributed by atoms with van der Waals surface area (Å²) < 4.78 is 63.5. The molecule has 0 aliphatic rings. The van der Waals surface area contributed by atoms with Gasteiger partial charge in [0.1, 0.15) is 5.82 Å². The van der Waals surface area contributed by atoms with Crippen LogP contribution in [0.15, 0.2) is 24.4 Å². The van der Waals surface area contributed by atoms with Gasteiger partial charge in [-0.15, -0.1) is 0 Å². The summed E-state index contributed by atoms with van der Waals surface area (Å²) in [7, 11) is 0. The minimum atomic E-state index is -5.08. The minimum Gasteiger partial charge on any atom is -0.475 e. The molecule has 0 aliphatic heterocycles. The van der Waals surface area contributed by atoms with Crippen LogP contribution in [0.4, 0.5) is 32.2 Å². The van der Waals surface area contributed by atoms with Gasteiger partial charge in [0.05, 0.1) is 0 Å². The summed E-state index contributed by atoms with van der Waals surface area (Å²) in [5, 5.41) is 16.8. The fraction of sp³-hybridized carbons (Fsp3) is 0.273. The molecule has 0 aliphatic carbocycles. The van der Waals surface area contributed by atoms with Crippen LogP contribution in [0.1, 0.15) is 6.92 Å². The molecule has 1 heterocycles. The van der Waals surface area contributed by atoms with E-state index in [1.54, 1.807) is 18.3 Å². The second-order valence-corrected chi connectivity index (χ2v) is 3.50. The first kappa shape index (κ1) is 23.4. The molecule has 136 valence electrons. The molecular weight excluding hydrogens is 354 g/mol. The van der Waals surface area contributed by atoms with Crippen LogP contribution in [0.3, 0.4) is 0 Å². The predicted octanol–water partition coefficient (Wildman–Crippen LogP) is 2.31. The molecule has 0 fully saturated rings. The third-order valence-corrected chi connectivity index (χ3v) is 1.45. The topological polar surface area (TPSA) is 117 Å². The third kappa shape index (κ3) is 14.1. The van der Waals surface area contributed by atoms with Crippen LogP contribution in [0.25, 0.3) is 0 Å². The number of carboxylic acids is 2. The Labute approximate surface area is 129 Å². The van der Waals surface area contributed by atoms with Crippen LogP contribution in [0.2, 0.25) is 0 Å². The molecule has 13 heteroatoms. The number of aromatic nitrogens is 1. The number of nitrogens with one attached hydrogen (secondary N) is 1. The summed E-state index contributed by atoms with van der Waals surface area (Å²) in [6, 6.07) is 5.35. The largest absolute Gasteiger partial charge is 0.490 e. The molecule has 7 nitrogen and oxygen atoms in total. The van der Waals surface area contributed by atoms with Crippen molar-refractivity contribution in [3.8, 4) is 0 Å². The smallest absolute Gasteiger partial charge is 0.475 e. The van der Waals surface area contributed by atoms with Gasteiger partial charge in [-0.3, -0.25) is 4.79 Å². The highest BCUT2D eigenvalue weighted by molar-refractivity contribution is 5.87. The minimum absolute atomic E-state index is 0.0984. The highest BCUT2D eigenvalue weighted by Gasteiger charge is 2.38. The Morgan fingerprint density at radius 3 is 1.54 bits per heavy atom. The van der Waals surface area contributed by atoms with Crippen molar-refractivity contribution >= 4 is 23.7 Å². The summed E-state index contributed by atoms with van der Waals surface area (Å²) in [5.41, 5.74) is 0. The molecular formula is C11H10F6N2O5. The van der Waals surface area contributed by atoms with E-state index >= 15 is 0 Å². The van der Waals surface area contributed by atoms with Crippen molar-refractivity contribution in [3.05, 3.63) is 24.4 Å². The Balaban J connectivity index is 0. The second kappa shape index (κ2) is 10.0. The zero-order valence-electron chi connectivity index (χ0n) is 11.6. The number of rotatable bonds is 1. The van der Waals surface area contributed by atoms with E-state index in [4.69, 9.17) is 19.8 Å². The van der Waals surface area contributed by atoms with Crippen molar-refractivity contribution in [2.24, 2.45) is 0 Å². The Morgan fingerprint density at radius 1 is 0.958 bits per heavy atom. The fourth-order valence-corrected chi connectivity index (χ4v) is 0.617. The summed E-state index contributed by atoms with van der Waals surface area (Å²) in [5.74, 6) is -5.02. The highest BCUT2D eigenvalue weighted by Crippen LogP contribution is 2.13. The fourth-order valence-electron chi connectivity index (χ4n) is 0.617. The number of nitrogens with zero attached hydrogens (tertiary/aromatic N) is 1. The van der Waals surface area contributed by atoms with Gasteiger partial charge in [0.15, 0.2) is 0 Å². The highest BCUT2D eigenvalue weighted by atomic mass is 19.4. The number of hydrogen-bond donors (Lipinski definition) is 3. The van der Waals surface area contributed by atoms with E-state index in [9.17, 15) is 31.1 Å². The van der Waals surface area contributed by atoms with E-state index in [0.717, 1.165) is 0 Å². The van der Waals surface area contributed by atoms with Crippen molar-refractivity contribution in [2.75, 3.05) is 5.32 Å². The number of carboxylic acid groups (broad SMARTS) is 2. The molecule has 1 amide bonds. The Hall–Kier alpha value is -2.86. The van der Waals surface area contributed by atoms with E-state index in [2.05, 4.69) is 10.3 Å². The standard InChI is InChI=1S/C7H8N2O.2C2HF3O2/c1-6(10)9-7-4-2-3-5-8-7;2*3-2(4,5)1(6)7/h2-5H,1H3,(H,8,9,10);2*(H,6,7). The molecule has 24 heavy (non-hydrogen) atoms. The number of carbonyl (C=O) groups is 3. The van der Waals surface area contributed by atoms with Gasteiger partial charge in [-0.05, 0) is 12.1 Å². The average molecular weight is 364 g/mol. The summed E-state index contributed by atoms with van der Waals surface area (Å²) >= 11 is 0. The van der Waals surface area contributed by atoms with Gasteiger partial charge < -0.3 is 15.5 Å². The van der Waals surface area contributed by atoms with Crippen LogP contribution < -0.4 is 5.32 Å². The van der Waals surface area contributed by atoms with Crippen molar-refractivity contribution in [2.45, 2.75) is 19.3 Å². The predicted molar refractivity (Wildman–Crippen MR) is 65.9 cm³/mol. The molecule has 0 saturated carbocycles. The Kier molecular flexibility index (Phi) is 9.77. The lowest BCUT2D eigenvalue weighted by molar-refractivity contribution is -0.193. The zero-order chi connectivity index (χ0) is 19.6. The Bertz CT molecular complexity index is 520. The van der Waals surface area contributed by atoms with Gasteiger partial charge in [0, 0.05) is 13.1 Å². The number of carbonyl (C=O) groups excluding carboxylic acids is 1. The molecule has 0 bridgehead atoms. The number of aliphatic carboxylic acids is 2. The zero-order valence-corrected chi connectivity index (χ0v) is 11.6. The summed E-state index contributed by atoms with van der Waals surface area (Å²) in [6.45, 7) is 1.45. The summed E-state index contributed by atoms with van der Waals surface area (Å²) in [4.78, 5) is 32.1. The summed E-state index contributed by atoms with van der Waals surface area (Å²) in [6.07, 6.45) is -8.54. The number of halogens is 6. The van der Waals surface area contributed by atoms with Gasteiger partial charge in [0.2, 0.25) is 5.91 Å². The number of anilines is 1. The monoisotopic (exact) mass is 364 g/mol. The lowest BCUT2D eigenvalue weighted by Gasteiger charge is -1.96. The molecule has 1 aromatic heterocycles. The van der Waals surface area contributed by atoms with Crippen LogP contribution in [-0.4, -0.2) is 45.4 Å². The Morgan fingerprint density at radius 2 is 1.33 bits per heavy atom. The van der Waals surface area contributed by atoms with E-state index in [1.807, 2.05) is 6.07 Å². The SMILES string of the molecule is CC(=O)Nc1ccccn1.O=C(O)C(F)(F)F.O=C(O)C(F)(F)F. The number of alkyl halides is 6. The van der Waals surface area contributed by atoms with Crippen LogP contribution in [0, 0.1) is 0 Å². The second-order valence-electron chi connectivity index (χ2n) is 3.50. The number of amides is 1. The van der Waals surface area contributed by atoms with Crippen LogP contribution in [-0.2, 0) is 14.4 Å². The first-order valence-corrected chi connectivity index (χ1v) is 5.46. The number of hydrogen-bond acceptors (Lipinski definition) is 4. The molecule has 0 atom stereocenters. The van der Waals surface area contributed by atoms with Crippen LogP contribution in [0.5, 0.6) is 0 Å².